The number of rotatable bonds is 5. The first kappa shape index (κ1) is 18.0. The largest absolute Gasteiger partial charge is 0.508 e. The van der Waals surface area contributed by atoms with Crippen molar-refractivity contribution in [2.75, 3.05) is 0 Å². The van der Waals surface area contributed by atoms with Crippen LogP contribution < -0.4 is 5.32 Å². The smallest absolute Gasteiger partial charge is 0.407 e. The Morgan fingerprint density at radius 3 is 1.54 bits per heavy atom. The van der Waals surface area contributed by atoms with Gasteiger partial charge in [0.1, 0.15) is 11.8 Å². The third-order valence-corrected chi connectivity index (χ3v) is 4.15. The third-order valence-electron chi connectivity index (χ3n) is 4.15. The van der Waals surface area contributed by atoms with Gasteiger partial charge in [-0.25, -0.2) is 0 Å². The van der Waals surface area contributed by atoms with Crippen molar-refractivity contribution in [1.29, 1.82) is 0 Å². The third kappa shape index (κ3) is 4.24. The van der Waals surface area contributed by atoms with Gasteiger partial charge in [-0.3, -0.25) is 5.32 Å². The lowest BCUT2D eigenvalue weighted by atomic mass is 9.96. The Morgan fingerprint density at radius 1 is 0.654 bits per heavy atom. The first-order chi connectivity index (χ1) is 12.4. The molecule has 1 atom stereocenters. The van der Waals surface area contributed by atoms with Gasteiger partial charge in [-0.1, -0.05) is 72.8 Å². The number of phenolic OH excluding ortho intramolecular Hbond substituents is 1. The lowest BCUT2D eigenvalue weighted by Crippen LogP contribution is -2.37. The number of alkyl halides is 3. The molecule has 0 spiro atoms. The summed E-state index contributed by atoms with van der Waals surface area (Å²) in [6.07, 6.45) is -4.49. The zero-order chi connectivity index (χ0) is 18.6. The summed E-state index contributed by atoms with van der Waals surface area (Å²) in [5, 5.41) is 12.1. The molecule has 2 N–H and O–H groups in total. The lowest BCUT2D eigenvalue weighted by molar-refractivity contribution is -0.159. The summed E-state index contributed by atoms with van der Waals surface area (Å²) in [5.41, 5.74) is 1.53. The van der Waals surface area contributed by atoms with E-state index < -0.39 is 18.3 Å². The highest BCUT2D eigenvalue weighted by atomic mass is 19.4. The molecule has 0 saturated heterocycles. The quantitative estimate of drug-likeness (QED) is 0.643. The van der Waals surface area contributed by atoms with Crippen molar-refractivity contribution in [2.45, 2.75) is 18.3 Å². The molecular formula is C21H18F3NO. The molecule has 26 heavy (non-hydrogen) atoms. The molecule has 0 aliphatic heterocycles. The number of hydrogen-bond donors (Lipinski definition) is 2. The molecule has 0 radical (unpaired) electrons. The summed E-state index contributed by atoms with van der Waals surface area (Å²) in [4.78, 5) is 0. The highest BCUT2D eigenvalue weighted by Crippen LogP contribution is 2.36. The van der Waals surface area contributed by atoms with Gasteiger partial charge < -0.3 is 5.11 Å². The van der Waals surface area contributed by atoms with E-state index in [1.165, 1.54) is 24.3 Å². The Labute approximate surface area is 149 Å². The lowest BCUT2D eigenvalue weighted by Gasteiger charge is -2.28. The molecule has 0 aliphatic rings. The molecule has 3 aromatic carbocycles. The van der Waals surface area contributed by atoms with Gasteiger partial charge in [0.15, 0.2) is 0 Å². The van der Waals surface area contributed by atoms with E-state index >= 15 is 0 Å². The Hall–Kier alpha value is -2.79. The summed E-state index contributed by atoms with van der Waals surface area (Å²) in [6.45, 7) is 0. The van der Waals surface area contributed by atoms with Crippen molar-refractivity contribution in [3.63, 3.8) is 0 Å². The zero-order valence-electron chi connectivity index (χ0n) is 13.8. The fourth-order valence-electron chi connectivity index (χ4n) is 2.89. The van der Waals surface area contributed by atoms with Crippen LogP contribution in [0.15, 0.2) is 84.9 Å². The highest BCUT2D eigenvalue weighted by Gasteiger charge is 2.42. The second kappa shape index (κ2) is 7.62. The molecule has 3 rings (SSSR count). The summed E-state index contributed by atoms with van der Waals surface area (Å²) >= 11 is 0. The minimum atomic E-state index is -4.49. The summed E-state index contributed by atoms with van der Waals surface area (Å²) in [5.74, 6) is -0.0719. The molecule has 0 saturated carbocycles. The van der Waals surface area contributed by atoms with Gasteiger partial charge in [-0.15, -0.1) is 0 Å². The van der Waals surface area contributed by atoms with Gasteiger partial charge in [0.25, 0.3) is 0 Å². The van der Waals surface area contributed by atoms with Crippen LogP contribution in [0, 0.1) is 0 Å². The van der Waals surface area contributed by atoms with E-state index in [0.29, 0.717) is 0 Å². The molecule has 0 fully saturated rings. The highest BCUT2D eigenvalue weighted by molar-refractivity contribution is 5.34. The fraction of sp³-hybridized carbons (Fsp3) is 0.143. The van der Waals surface area contributed by atoms with Gasteiger partial charge in [0.2, 0.25) is 0 Å². The van der Waals surface area contributed by atoms with Crippen molar-refractivity contribution in [1.82, 2.24) is 5.32 Å². The number of nitrogens with one attached hydrogen (secondary N) is 1. The Morgan fingerprint density at radius 2 is 1.12 bits per heavy atom. The van der Waals surface area contributed by atoms with Crippen LogP contribution in [0.4, 0.5) is 13.2 Å². The van der Waals surface area contributed by atoms with Crippen molar-refractivity contribution in [3.05, 3.63) is 102 Å². The molecule has 0 aromatic heterocycles. The second-order valence-electron chi connectivity index (χ2n) is 5.99. The predicted octanol–water partition coefficient (Wildman–Crippen LogP) is 5.37. The fourth-order valence-corrected chi connectivity index (χ4v) is 2.89. The average molecular weight is 357 g/mol. The summed E-state index contributed by atoms with van der Waals surface area (Å²) in [7, 11) is 0. The van der Waals surface area contributed by atoms with Gasteiger partial charge in [-0.2, -0.15) is 13.2 Å². The predicted molar refractivity (Wildman–Crippen MR) is 94.8 cm³/mol. The first-order valence-corrected chi connectivity index (χ1v) is 8.17. The average Bonchev–Trinajstić information content (AvgIpc) is 2.64. The van der Waals surface area contributed by atoms with Crippen LogP contribution in [0.25, 0.3) is 0 Å². The van der Waals surface area contributed by atoms with Gasteiger partial charge >= 0.3 is 6.18 Å². The molecule has 0 heterocycles. The number of aromatic hydroxyl groups is 1. The number of benzene rings is 3. The van der Waals surface area contributed by atoms with Crippen LogP contribution >= 0.6 is 0 Å². The monoisotopic (exact) mass is 357 g/mol. The second-order valence-corrected chi connectivity index (χ2v) is 5.99. The van der Waals surface area contributed by atoms with Crippen molar-refractivity contribution >= 4 is 0 Å². The van der Waals surface area contributed by atoms with Crippen molar-refractivity contribution < 1.29 is 18.3 Å². The van der Waals surface area contributed by atoms with Gasteiger partial charge in [0.05, 0.1) is 6.04 Å². The maximum absolute atomic E-state index is 13.8. The molecular weight excluding hydrogens is 339 g/mol. The molecule has 3 aromatic rings. The number of halogens is 3. The van der Waals surface area contributed by atoms with E-state index in [1.54, 1.807) is 48.5 Å². The van der Waals surface area contributed by atoms with Crippen LogP contribution in [-0.2, 0) is 0 Å². The van der Waals surface area contributed by atoms with Gasteiger partial charge in [-0.05, 0) is 28.8 Å². The van der Waals surface area contributed by atoms with E-state index in [4.69, 9.17) is 0 Å². The Bertz CT molecular complexity index is 778. The zero-order valence-corrected chi connectivity index (χ0v) is 13.8. The Balaban J connectivity index is 2.01. The van der Waals surface area contributed by atoms with E-state index in [-0.39, 0.29) is 11.3 Å². The van der Waals surface area contributed by atoms with Crippen LogP contribution in [0.3, 0.4) is 0 Å². The van der Waals surface area contributed by atoms with Gasteiger partial charge in [0, 0.05) is 0 Å². The standard InChI is InChI=1S/C21H18F3NO/c22-21(23,24)20(17-11-13-18(26)14-12-17)25-19(15-7-3-1-4-8-15)16-9-5-2-6-10-16/h1-14,19-20,25-26H. The molecule has 0 aliphatic carbocycles. The number of phenols is 1. The maximum Gasteiger partial charge on any atom is 0.407 e. The normalized spacial score (nSPS) is 12.9. The van der Waals surface area contributed by atoms with Crippen molar-refractivity contribution in [2.24, 2.45) is 0 Å². The minimum absolute atomic E-state index is 0.0483. The van der Waals surface area contributed by atoms with Crippen LogP contribution in [0.1, 0.15) is 28.8 Å². The first-order valence-electron chi connectivity index (χ1n) is 8.17. The summed E-state index contributed by atoms with van der Waals surface area (Å²) < 4.78 is 41.3. The van der Waals surface area contributed by atoms with Crippen LogP contribution in [-0.4, -0.2) is 11.3 Å². The molecule has 1 unspecified atom stereocenters. The molecule has 134 valence electrons. The SMILES string of the molecule is Oc1ccc(C(NC(c2ccccc2)c2ccccc2)C(F)(F)F)cc1. The Kier molecular flexibility index (Phi) is 5.28. The minimum Gasteiger partial charge on any atom is -0.508 e. The molecule has 0 amide bonds. The maximum atomic E-state index is 13.8. The van der Waals surface area contributed by atoms with Crippen LogP contribution in [0.5, 0.6) is 5.75 Å². The molecule has 0 bridgehead atoms. The van der Waals surface area contributed by atoms with Crippen molar-refractivity contribution in [3.8, 4) is 5.75 Å². The molecule has 5 heteroatoms. The van der Waals surface area contributed by atoms with E-state index in [1.807, 2.05) is 12.1 Å². The van der Waals surface area contributed by atoms with E-state index in [2.05, 4.69) is 5.32 Å². The van der Waals surface area contributed by atoms with E-state index in [0.717, 1.165) is 11.1 Å². The topological polar surface area (TPSA) is 32.3 Å². The summed E-state index contributed by atoms with van der Waals surface area (Å²) in [6, 6.07) is 20.7. The number of hydrogen-bond acceptors (Lipinski definition) is 2. The molecule has 2 nitrogen and oxygen atoms in total. The van der Waals surface area contributed by atoms with E-state index in [9.17, 15) is 18.3 Å². The van der Waals surface area contributed by atoms with Crippen LogP contribution in [0.2, 0.25) is 0 Å².